The molecule has 17 heavy (non-hydrogen) atoms. The Morgan fingerprint density at radius 1 is 1.35 bits per heavy atom. The Balaban J connectivity index is 2.21. The van der Waals surface area contributed by atoms with Gasteiger partial charge in [-0.25, -0.2) is 9.97 Å². The molecule has 5 nitrogen and oxygen atoms in total. The topological polar surface area (TPSA) is 56.8 Å². The van der Waals surface area contributed by atoms with E-state index in [2.05, 4.69) is 34.1 Å². The van der Waals surface area contributed by atoms with Crippen LogP contribution in [0.3, 0.4) is 0 Å². The summed E-state index contributed by atoms with van der Waals surface area (Å²) in [6.07, 6.45) is 5.39. The van der Waals surface area contributed by atoms with Gasteiger partial charge in [0, 0.05) is 31.5 Å². The van der Waals surface area contributed by atoms with Gasteiger partial charge in [0.2, 0.25) is 0 Å². The summed E-state index contributed by atoms with van der Waals surface area (Å²) in [6, 6.07) is 4.29. The van der Waals surface area contributed by atoms with Crippen LogP contribution in [0, 0.1) is 0 Å². The van der Waals surface area contributed by atoms with E-state index in [1.807, 2.05) is 36.5 Å². The van der Waals surface area contributed by atoms with E-state index in [4.69, 9.17) is 0 Å². The van der Waals surface area contributed by atoms with Gasteiger partial charge in [-0.3, -0.25) is 0 Å². The second-order valence-electron chi connectivity index (χ2n) is 4.19. The molecular formula is C12H17N5. The standard InChI is InChI=1S/C12H17N5/c1-9(2)16-11-6-12(15-8-14-11)17(3)10-4-5-13-7-10/h4-9,13H,1-3H3,(H,14,15,16). The molecule has 0 bridgehead atoms. The maximum Gasteiger partial charge on any atom is 0.138 e. The van der Waals surface area contributed by atoms with Gasteiger partial charge in [-0.2, -0.15) is 0 Å². The third-order valence-electron chi connectivity index (χ3n) is 2.40. The van der Waals surface area contributed by atoms with Crippen molar-refractivity contribution >= 4 is 17.3 Å². The van der Waals surface area contributed by atoms with Crippen LogP contribution < -0.4 is 10.2 Å². The summed E-state index contributed by atoms with van der Waals surface area (Å²) in [7, 11) is 1.98. The van der Waals surface area contributed by atoms with E-state index in [1.165, 1.54) is 0 Å². The van der Waals surface area contributed by atoms with E-state index in [1.54, 1.807) is 6.33 Å². The molecule has 0 radical (unpaired) electrons. The van der Waals surface area contributed by atoms with Gasteiger partial charge in [-0.05, 0) is 19.9 Å². The number of aromatic amines is 1. The first-order chi connectivity index (χ1) is 8.16. The Morgan fingerprint density at radius 3 is 2.82 bits per heavy atom. The molecule has 0 unspecified atom stereocenters. The summed E-state index contributed by atoms with van der Waals surface area (Å²) >= 11 is 0. The highest BCUT2D eigenvalue weighted by Crippen LogP contribution is 2.21. The number of hydrogen-bond acceptors (Lipinski definition) is 4. The Labute approximate surface area is 101 Å². The monoisotopic (exact) mass is 231 g/mol. The van der Waals surface area contributed by atoms with Crippen LogP contribution in [0.1, 0.15) is 13.8 Å². The van der Waals surface area contributed by atoms with Crippen molar-refractivity contribution in [3.63, 3.8) is 0 Å². The Bertz CT molecular complexity index is 464. The zero-order valence-corrected chi connectivity index (χ0v) is 10.3. The van der Waals surface area contributed by atoms with Gasteiger partial charge in [0.15, 0.2) is 0 Å². The van der Waals surface area contributed by atoms with Gasteiger partial charge in [0.05, 0.1) is 5.69 Å². The highest BCUT2D eigenvalue weighted by Gasteiger charge is 2.07. The van der Waals surface area contributed by atoms with Crippen LogP contribution in [0.5, 0.6) is 0 Å². The molecule has 2 rings (SSSR count). The van der Waals surface area contributed by atoms with Crippen molar-refractivity contribution in [3.8, 4) is 0 Å². The maximum atomic E-state index is 4.26. The van der Waals surface area contributed by atoms with E-state index in [0.29, 0.717) is 6.04 Å². The first-order valence-electron chi connectivity index (χ1n) is 5.62. The van der Waals surface area contributed by atoms with Crippen LogP contribution in [0.2, 0.25) is 0 Å². The average Bonchev–Trinajstić information content (AvgIpc) is 2.81. The molecule has 2 aromatic heterocycles. The smallest absolute Gasteiger partial charge is 0.138 e. The quantitative estimate of drug-likeness (QED) is 0.848. The van der Waals surface area contributed by atoms with Crippen molar-refractivity contribution in [3.05, 3.63) is 30.9 Å². The average molecular weight is 231 g/mol. The fraction of sp³-hybridized carbons (Fsp3) is 0.333. The Kier molecular flexibility index (Phi) is 3.27. The summed E-state index contributed by atoms with van der Waals surface area (Å²) in [5, 5.41) is 3.26. The van der Waals surface area contributed by atoms with Crippen LogP contribution in [0.15, 0.2) is 30.9 Å². The van der Waals surface area contributed by atoms with Crippen molar-refractivity contribution in [2.45, 2.75) is 19.9 Å². The molecule has 0 saturated heterocycles. The molecule has 0 aliphatic heterocycles. The zero-order chi connectivity index (χ0) is 12.3. The summed E-state index contributed by atoms with van der Waals surface area (Å²) in [6.45, 7) is 4.16. The lowest BCUT2D eigenvalue weighted by atomic mass is 10.3. The van der Waals surface area contributed by atoms with Gasteiger partial charge >= 0.3 is 0 Å². The molecule has 0 aliphatic rings. The summed E-state index contributed by atoms with van der Waals surface area (Å²) in [5.41, 5.74) is 1.07. The number of aromatic nitrogens is 3. The molecule has 0 saturated carbocycles. The number of hydrogen-bond donors (Lipinski definition) is 2. The molecule has 0 atom stereocenters. The van der Waals surface area contributed by atoms with E-state index < -0.39 is 0 Å². The largest absolute Gasteiger partial charge is 0.368 e. The highest BCUT2D eigenvalue weighted by molar-refractivity contribution is 5.60. The molecule has 5 heteroatoms. The molecule has 0 aliphatic carbocycles. The number of H-pyrrole nitrogens is 1. The minimum absolute atomic E-state index is 0.357. The molecule has 0 fully saturated rings. The number of nitrogens with zero attached hydrogens (tertiary/aromatic N) is 3. The lowest BCUT2D eigenvalue weighted by molar-refractivity contribution is 0.885. The first-order valence-corrected chi connectivity index (χ1v) is 5.62. The lowest BCUT2D eigenvalue weighted by Crippen LogP contribution is -2.14. The Morgan fingerprint density at radius 2 is 2.18 bits per heavy atom. The highest BCUT2D eigenvalue weighted by atomic mass is 15.2. The summed E-state index contributed by atoms with van der Waals surface area (Å²) in [5.74, 6) is 1.70. The fourth-order valence-corrected chi connectivity index (χ4v) is 1.56. The summed E-state index contributed by atoms with van der Waals surface area (Å²) in [4.78, 5) is 13.5. The predicted octanol–water partition coefficient (Wildman–Crippen LogP) is 2.39. The molecule has 0 spiro atoms. The predicted molar refractivity (Wildman–Crippen MR) is 69.6 cm³/mol. The number of anilines is 3. The first kappa shape index (κ1) is 11.4. The fourth-order valence-electron chi connectivity index (χ4n) is 1.56. The van der Waals surface area contributed by atoms with Crippen LogP contribution in [0.25, 0.3) is 0 Å². The van der Waals surface area contributed by atoms with Crippen molar-refractivity contribution in [2.24, 2.45) is 0 Å². The second-order valence-corrected chi connectivity index (χ2v) is 4.19. The molecule has 90 valence electrons. The van der Waals surface area contributed by atoms with Gasteiger partial charge in [0.25, 0.3) is 0 Å². The van der Waals surface area contributed by atoms with Crippen molar-refractivity contribution in [1.29, 1.82) is 0 Å². The summed E-state index contributed by atoms with van der Waals surface area (Å²) < 4.78 is 0. The van der Waals surface area contributed by atoms with Gasteiger partial charge < -0.3 is 15.2 Å². The van der Waals surface area contributed by atoms with Crippen molar-refractivity contribution in [1.82, 2.24) is 15.0 Å². The molecule has 2 heterocycles. The van der Waals surface area contributed by atoms with Crippen LogP contribution >= 0.6 is 0 Å². The Hall–Kier alpha value is -2.04. The molecular weight excluding hydrogens is 214 g/mol. The van der Waals surface area contributed by atoms with E-state index in [9.17, 15) is 0 Å². The van der Waals surface area contributed by atoms with E-state index in [-0.39, 0.29) is 0 Å². The maximum absolute atomic E-state index is 4.26. The van der Waals surface area contributed by atoms with Crippen molar-refractivity contribution in [2.75, 3.05) is 17.3 Å². The third kappa shape index (κ3) is 2.75. The van der Waals surface area contributed by atoms with E-state index >= 15 is 0 Å². The van der Waals surface area contributed by atoms with Gasteiger partial charge in [-0.1, -0.05) is 0 Å². The number of nitrogens with one attached hydrogen (secondary N) is 2. The van der Waals surface area contributed by atoms with Crippen LogP contribution in [-0.2, 0) is 0 Å². The lowest BCUT2D eigenvalue weighted by Gasteiger charge is -2.17. The SMILES string of the molecule is CC(C)Nc1cc(N(C)c2cc[nH]c2)ncn1. The van der Waals surface area contributed by atoms with Crippen LogP contribution in [0.4, 0.5) is 17.3 Å². The van der Waals surface area contributed by atoms with E-state index in [0.717, 1.165) is 17.3 Å². The van der Waals surface area contributed by atoms with Gasteiger partial charge in [-0.15, -0.1) is 0 Å². The second kappa shape index (κ2) is 4.86. The molecule has 2 N–H and O–H groups in total. The molecule has 2 aromatic rings. The number of rotatable bonds is 4. The van der Waals surface area contributed by atoms with Crippen molar-refractivity contribution < 1.29 is 0 Å². The minimum Gasteiger partial charge on any atom is -0.368 e. The zero-order valence-electron chi connectivity index (χ0n) is 10.3. The normalized spacial score (nSPS) is 10.6. The molecule has 0 amide bonds. The van der Waals surface area contributed by atoms with Crippen LogP contribution in [-0.4, -0.2) is 28.0 Å². The molecule has 0 aromatic carbocycles. The third-order valence-corrected chi connectivity index (χ3v) is 2.40. The minimum atomic E-state index is 0.357. The van der Waals surface area contributed by atoms with Gasteiger partial charge in [0.1, 0.15) is 18.0 Å².